The minimum atomic E-state index is -0.169. The smallest absolute Gasteiger partial charge is 0.146 e. The maximum atomic E-state index is 6.38. The van der Waals surface area contributed by atoms with Crippen molar-refractivity contribution in [1.82, 2.24) is 9.13 Å². The summed E-state index contributed by atoms with van der Waals surface area (Å²) in [6.07, 6.45) is 1.03. The molecule has 7 nitrogen and oxygen atoms in total. The summed E-state index contributed by atoms with van der Waals surface area (Å²) in [7, 11) is 3.41. The molecule has 0 N–H and O–H groups in total. The highest BCUT2D eigenvalue weighted by atomic mass is 35.5. The van der Waals surface area contributed by atoms with E-state index in [0.29, 0.717) is 10.8 Å². The number of benzene rings is 14. The average molecular weight is 1420 g/mol. The van der Waals surface area contributed by atoms with E-state index in [-0.39, 0.29) is 23.7 Å². The Bertz CT molecular complexity index is 6730. The summed E-state index contributed by atoms with van der Waals surface area (Å²) in [6.45, 7) is 15.6. The zero-order valence-corrected chi connectivity index (χ0v) is 61.2. The zero-order chi connectivity index (χ0) is 73.6. The number of hydrogen-bond acceptors (Lipinski definition) is 5. The van der Waals surface area contributed by atoms with Crippen molar-refractivity contribution in [2.24, 2.45) is 0 Å². The Morgan fingerprint density at radius 2 is 0.794 bits per heavy atom. The Hall–Kier alpha value is -12.0. The van der Waals surface area contributed by atoms with Gasteiger partial charge >= 0.3 is 0 Å². The van der Waals surface area contributed by atoms with Gasteiger partial charge in [0, 0.05) is 86.4 Å². The van der Waals surface area contributed by atoms with Gasteiger partial charge in [-0.2, -0.15) is 0 Å². The third-order valence-corrected chi connectivity index (χ3v) is 24.1. The van der Waals surface area contributed by atoms with Crippen LogP contribution in [0.3, 0.4) is 0 Å². The first-order valence-electron chi connectivity index (χ1n) is 37.7. The van der Waals surface area contributed by atoms with Crippen LogP contribution in [0.2, 0.25) is 5.02 Å². The molecule has 4 aliphatic carbocycles. The third-order valence-electron chi connectivity index (χ3n) is 23.8. The molecule has 18 aromatic rings. The van der Waals surface area contributed by atoms with E-state index < -0.39 is 0 Å². The molecule has 0 amide bonds. The first-order chi connectivity index (χ1) is 52.6. The fraction of sp³-hybridized carbons (Fsp3) is 0.152. The molecule has 4 aliphatic rings. The van der Waals surface area contributed by atoms with Crippen molar-refractivity contribution in [3.05, 3.63) is 334 Å². The highest BCUT2D eigenvalue weighted by molar-refractivity contribution is 6.32. The summed E-state index contributed by atoms with van der Waals surface area (Å²) in [6, 6.07) is 97.3. The predicted octanol–water partition coefficient (Wildman–Crippen LogP) is 27.0. The van der Waals surface area contributed by atoms with Crippen LogP contribution in [0.1, 0.15) is 108 Å². The summed E-state index contributed by atoms with van der Waals surface area (Å²) in [5.41, 5.74) is 32.9. The maximum Gasteiger partial charge on any atom is 0.146 e. The molecule has 0 unspecified atom stereocenters. The van der Waals surface area contributed by atoms with Crippen molar-refractivity contribution in [2.75, 3.05) is 14.2 Å². The Morgan fingerprint density at radius 1 is 0.355 bits per heavy atom. The van der Waals surface area contributed by atoms with Gasteiger partial charge in [0.15, 0.2) is 0 Å². The first kappa shape index (κ1) is 64.6. The number of nitrogens with zero attached hydrogens (tertiary/aromatic N) is 2. The van der Waals surface area contributed by atoms with E-state index in [9.17, 15) is 0 Å². The van der Waals surface area contributed by atoms with E-state index >= 15 is 0 Å². The largest absolute Gasteiger partial charge is 0.497 e. The third kappa shape index (κ3) is 10.00. The summed E-state index contributed by atoms with van der Waals surface area (Å²) in [4.78, 5) is 0. The minimum Gasteiger partial charge on any atom is -0.497 e. The lowest BCUT2D eigenvalue weighted by Crippen LogP contribution is -2.15. The number of aromatic nitrogens is 2. The SMILES string of the molecule is C.CC1(C)c2cc3oc4ccccc4c3cc2-c2c1ccc1c2-c2ccccc2C1.COc1ccc(Cn2c3ccccc3c3c4c(ccc32)C(C)(C)c2cc(Oc3ccccc3Cl)ccc2-4)cc1.COc1ccc(Cn2c3ccccc3c3c4c(ccc32)C(C)(C)c2cc3oc5ccccc5c3cc2-4)cc1.[2H][2H]. The maximum absolute atomic E-state index is 6.38. The van der Waals surface area contributed by atoms with E-state index in [1.165, 1.54) is 165 Å². The van der Waals surface area contributed by atoms with Crippen LogP contribution < -0.4 is 14.2 Å². The molecule has 0 saturated heterocycles. The molecule has 0 atom stereocenters. The highest BCUT2D eigenvalue weighted by Crippen LogP contribution is 2.59. The van der Waals surface area contributed by atoms with Gasteiger partial charge in [-0.05, 0) is 216 Å². The van der Waals surface area contributed by atoms with Crippen LogP contribution in [-0.2, 0) is 35.8 Å². The van der Waals surface area contributed by atoms with Crippen LogP contribution in [0.4, 0.5) is 0 Å². The van der Waals surface area contributed by atoms with E-state index in [0.717, 1.165) is 59.1 Å². The number of halogens is 1. The molecule has 0 radical (unpaired) electrons. The Kier molecular flexibility index (Phi) is 14.8. The van der Waals surface area contributed by atoms with Gasteiger partial charge in [-0.1, -0.05) is 224 Å². The van der Waals surface area contributed by atoms with Crippen LogP contribution in [-0.4, -0.2) is 23.4 Å². The van der Waals surface area contributed by atoms with Gasteiger partial charge < -0.3 is 32.2 Å². The standard InChI is InChI=1S/C35H28ClNO2.C35H27NO2.C28H20O.CH4.H2/c1-35(2)27-18-19-31-34(26-8-4-6-10-30(26)37(31)21-22-12-14-23(38-3)15-13-22)33(27)25-17-16-24(20-28(25)35)39-32-11-7-5-9-29(32)36;1-35(2)27-16-17-30-34(24-9-4-6-10-29(24)36(30)20-21-12-14-22(37-3)15-13-21)33(27)26-18-25-23-8-5-7-11-31(23)38-32(25)19-28(26)35;1-28(2)22-12-11-17-13-16-7-3-4-8-18(16)26(17)27(22)21-14-20-19-9-5-6-10-24(19)29-25(20)15-23(21)28;;/h4-20H,21H2,1-3H3;4-19H,20H2,1-3H3;3-12,14-15H,13H2,1-2H3;1H4;1H/i;;;;1+1D. The lowest BCUT2D eigenvalue weighted by Gasteiger charge is -2.22. The van der Waals surface area contributed by atoms with Crippen molar-refractivity contribution >= 4 is 99.1 Å². The van der Waals surface area contributed by atoms with Crippen molar-refractivity contribution in [3.8, 4) is 67.5 Å². The van der Waals surface area contributed by atoms with E-state index in [1.54, 1.807) is 14.2 Å². The van der Waals surface area contributed by atoms with Crippen molar-refractivity contribution in [3.63, 3.8) is 0 Å². The van der Waals surface area contributed by atoms with E-state index in [2.05, 4.69) is 263 Å². The summed E-state index contributed by atoms with van der Waals surface area (Å²) < 4.78 is 44.4. The normalized spacial score (nSPS) is 14.1. The Morgan fingerprint density at radius 3 is 1.34 bits per heavy atom. The van der Waals surface area contributed by atoms with Crippen LogP contribution in [0, 0.1) is 0 Å². The number of furan rings is 2. The van der Waals surface area contributed by atoms with Crippen LogP contribution in [0.25, 0.3) is 132 Å². The molecule has 22 rings (SSSR count). The van der Waals surface area contributed by atoms with E-state index in [4.69, 9.17) is 37.6 Å². The van der Waals surface area contributed by atoms with Gasteiger partial charge in [0.1, 0.15) is 45.3 Å². The average Bonchev–Trinajstić information content (AvgIpc) is 1.55. The second-order valence-corrected chi connectivity index (χ2v) is 31.0. The molecular formula is C99H81ClN2O5. The number of methoxy groups -OCH3 is 2. The fourth-order valence-electron chi connectivity index (χ4n) is 18.5. The molecule has 107 heavy (non-hydrogen) atoms. The van der Waals surface area contributed by atoms with E-state index in [1.807, 2.05) is 60.7 Å². The number of para-hydroxylation sites is 5. The van der Waals surface area contributed by atoms with Crippen LogP contribution in [0.15, 0.2) is 282 Å². The molecule has 4 aromatic heterocycles. The Labute approximate surface area is 630 Å². The topological polar surface area (TPSA) is 63.8 Å². The highest BCUT2D eigenvalue weighted by Gasteiger charge is 2.42. The molecule has 8 heteroatoms. The first-order valence-corrected chi connectivity index (χ1v) is 37.1. The van der Waals surface area contributed by atoms with Gasteiger partial charge in [-0.25, -0.2) is 0 Å². The van der Waals surface area contributed by atoms with Crippen molar-refractivity contribution < 1.29 is 26.0 Å². The summed E-state index contributed by atoms with van der Waals surface area (Å²) in [5.74, 6) is 3.21. The molecule has 0 spiro atoms. The second kappa shape index (κ2) is 24.5. The van der Waals surface area contributed by atoms with Gasteiger partial charge in [-0.15, -0.1) is 0 Å². The quantitative estimate of drug-likeness (QED) is 0.152. The summed E-state index contributed by atoms with van der Waals surface area (Å²) >= 11 is 6.38. The zero-order valence-electron chi connectivity index (χ0n) is 62.4. The molecular weight excluding hydrogens is 1330 g/mol. The molecule has 524 valence electrons. The van der Waals surface area contributed by atoms with Gasteiger partial charge in [-0.3, -0.25) is 0 Å². The molecule has 0 aliphatic heterocycles. The lowest BCUT2D eigenvalue weighted by atomic mass is 9.81. The van der Waals surface area contributed by atoms with Gasteiger partial charge in [0.05, 0.1) is 30.3 Å². The number of fused-ring (bicyclic) bond motifs is 27. The lowest BCUT2D eigenvalue weighted by molar-refractivity contribution is 0.414. The van der Waals surface area contributed by atoms with Crippen LogP contribution >= 0.6 is 11.6 Å². The van der Waals surface area contributed by atoms with Gasteiger partial charge in [0.25, 0.3) is 0 Å². The molecule has 0 saturated carbocycles. The fourth-order valence-corrected chi connectivity index (χ4v) is 18.6. The molecule has 0 bridgehead atoms. The van der Waals surface area contributed by atoms with Crippen molar-refractivity contribution in [2.45, 2.75) is 84.7 Å². The minimum absolute atomic E-state index is 0. The van der Waals surface area contributed by atoms with Gasteiger partial charge in [0.2, 0.25) is 0 Å². The predicted molar refractivity (Wildman–Crippen MR) is 445 cm³/mol. The number of ether oxygens (including phenoxy) is 3. The summed E-state index contributed by atoms with van der Waals surface area (Å²) in [5, 5.41) is 10.6. The Balaban J connectivity index is 0.000000114. The number of rotatable bonds is 8. The molecule has 0 fully saturated rings. The second-order valence-electron chi connectivity index (χ2n) is 30.6. The molecule has 14 aromatic carbocycles. The van der Waals surface area contributed by atoms with Crippen LogP contribution in [0.5, 0.6) is 23.0 Å². The van der Waals surface area contributed by atoms with Crippen molar-refractivity contribution in [1.29, 1.82) is 0 Å². The molecule has 4 heterocycles. The number of hydrogen-bond donors (Lipinski definition) is 0. The monoisotopic (exact) mass is 1410 g/mol.